The van der Waals surface area contributed by atoms with E-state index in [0.717, 1.165) is 23.9 Å². The molecule has 2 fully saturated rings. The maximum absolute atomic E-state index is 13.5. The Bertz CT molecular complexity index is 906. The molecule has 0 spiro atoms. The molecule has 2 N–H and O–H groups in total. The van der Waals surface area contributed by atoms with Gasteiger partial charge in [0.05, 0.1) is 0 Å². The quantitative estimate of drug-likeness (QED) is 0.699. The van der Waals surface area contributed by atoms with Crippen molar-refractivity contribution in [2.24, 2.45) is 5.92 Å². The van der Waals surface area contributed by atoms with Crippen molar-refractivity contribution < 1.29 is 18.4 Å². The first-order valence-corrected chi connectivity index (χ1v) is 10.4. The van der Waals surface area contributed by atoms with Crippen LogP contribution in [0, 0.1) is 17.6 Å². The van der Waals surface area contributed by atoms with E-state index in [1.165, 1.54) is 37.0 Å². The Morgan fingerprint density at radius 1 is 0.900 bits per heavy atom. The normalized spacial score (nSPS) is 19.7. The molecule has 2 aromatic carbocycles. The molecule has 4 rings (SSSR count). The van der Waals surface area contributed by atoms with E-state index in [0.29, 0.717) is 18.2 Å². The molecule has 1 heterocycles. The fraction of sp³-hybridized carbons (Fsp3) is 0.391. The third kappa shape index (κ3) is 4.61. The first-order chi connectivity index (χ1) is 14.5. The minimum atomic E-state index is -0.878. The number of anilines is 3. The van der Waals surface area contributed by atoms with Crippen LogP contribution >= 0.6 is 0 Å². The van der Waals surface area contributed by atoms with E-state index in [4.69, 9.17) is 0 Å². The van der Waals surface area contributed by atoms with Gasteiger partial charge >= 0.3 is 0 Å². The van der Waals surface area contributed by atoms with Gasteiger partial charge in [-0.1, -0.05) is 19.3 Å². The van der Waals surface area contributed by atoms with Gasteiger partial charge in [-0.2, -0.15) is 0 Å². The first kappa shape index (κ1) is 20.3. The van der Waals surface area contributed by atoms with Crippen molar-refractivity contribution in [2.75, 3.05) is 22.1 Å². The van der Waals surface area contributed by atoms with E-state index in [-0.39, 0.29) is 12.2 Å². The summed E-state index contributed by atoms with van der Waals surface area (Å²) in [5, 5.41) is 6.30. The van der Waals surface area contributed by atoms with Crippen LogP contribution in [-0.2, 0) is 9.59 Å². The number of hydrogen-bond donors (Lipinski definition) is 2. The molecule has 0 aromatic heterocycles. The summed E-state index contributed by atoms with van der Waals surface area (Å²) in [5.74, 6) is -3.25. The zero-order chi connectivity index (χ0) is 21.1. The molecule has 0 radical (unpaired) electrons. The molecule has 1 aliphatic carbocycles. The van der Waals surface area contributed by atoms with Crippen LogP contribution in [0.4, 0.5) is 25.8 Å². The lowest BCUT2D eigenvalue weighted by Crippen LogP contribution is -2.33. The van der Waals surface area contributed by atoms with E-state index in [1.54, 1.807) is 0 Å². The smallest absolute Gasteiger partial charge is 0.239 e. The number of benzene rings is 2. The minimum Gasteiger partial charge on any atom is -0.382 e. The van der Waals surface area contributed by atoms with Crippen molar-refractivity contribution in [3.63, 3.8) is 0 Å². The van der Waals surface area contributed by atoms with Crippen molar-refractivity contribution in [3.8, 4) is 0 Å². The van der Waals surface area contributed by atoms with Crippen molar-refractivity contribution >= 4 is 28.9 Å². The Kier molecular flexibility index (Phi) is 5.97. The SMILES string of the molecule is O=C(Nc1ccc(NC2CCCCC2)cc1)C1CCN(c2cc(F)cc(F)c2)C1=O. The number of nitrogens with zero attached hydrogens (tertiary/aromatic N) is 1. The molecule has 2 aliphatic rings. The molecule has 158 valence electrons. The Morgan fingerprint density at radius 3 is 2.20 bits per heavy atom. The molecule has 0 bridgehead atoms. The predicted molar refractivity (Wildman–Crippen MR) is 112 cm³/mol. The Morgan fingerprint density at radius 2 is 1.53 bits per heavy atom. The highest BCUT2D eigenvalue weighted by Crippen LogP contribution is 2.28. The number of carbonyl (C=O) groups excluding carboxylic acids is 2. The van der Waals surface area contributed by atoms with Gasteiger partial charge in [0.15, 0.2) is 0 Å². The van der Waals surface area contributed by atoms with Gasteiger partial charge in [-0.25, -0.2) is 8.78 Å². The van der Waals surface area contributed by atoms with Crippen LogP contribution in [0.3, 0.4) is 0 Å². The second kappa shape index (κ2) is 8.81. The van der Waals surface area contributed by atoms with Gasteiger partial charge < -0.3 is 15.5 Å². The monoisotopic (exact) mass is 413 g/mol. The molecular weight excluding hydrogens is 388 g/mol. The summed E-state index contributed by atoms with van der Waals surface area (Å²) < 4.78 is 26.9. The zero-order valence-electron chi connectivity index (χ0n) is 16.7. The van der Waals surface area contributed by atoms with E-state index in [9.17, 15) is 18.4 Å². The number of carbonyl (C=O) groups is 2. The van der Waals surface area contributed by atoms with Crippen LogP contribution < -0.4 is 15.5 Å². The highest BCUT2D eigenvalue weighted by Gasteiger charge is 2.38. The summed E-state index contributed by atoms with van der Waals surface area (Å²) in [4.78, 5) is 26.5. The second-order valence-electron chi connectivity index (χ2n) is 8.00. The molecule has 2 aromatic rings. The number of halogens is 2. The highest BCUT2D eigenvalue weighted by atomic mass is 19.1. The van der Waals surface area contributed by atoms with Crippen LogP contribution in [-0.4, -0.2) is 24.4 Å². The maximum atomic E-state index is 13.5. The van der Waals surface area contributed by atoms with Crippen LogP contribution in [0.25, 0.3) is 0 Å². The van der Waals surface area contributed by atoms with Gasteiger partial charge in [0, 0.05) is 35.7 Å². The van der Waals surface area contributed by atoms with Crippen molar-refractivity contribution in [1.82, 2.24) is 0 Å². The van der Waals surface area contributed by atoms with Crippen LogP contribution in [0.1, 0.15) is 38.5 Å². The fourth-order valence-electron chi connectivity index (χ4n) is 4.24. The molecular formula is C23H25F2N3O2. The van der Waals surface area contributed by atoms with Crippen molar-refractivity contribution in [1.29, 1.82) is 0 Å². The standard InChI is InChI=1S/C23H25F2N3O2/c24-15-12-16(25)14-20(13-15)28-11-10-21(23(28)30)22(29)27-19-8-6-18(7-9-19)26-17-4-2-1-3-5-17/h6-9,12-14,17,21,26H,1-5,10-11H2,(H,27,29). The van der Waals surface area contributed by atoms with Gasteiger partial charge in [-0.05, 0) is 55.7 Å². The fourth-order valence-corrected chi connectivity index (χ4v) is 4.24. The van der Waals surface area contributed by atoms with Gasteiger partial charge in [0.1, 0.15) is 17.6 Å². The number of nitrogens with one attached hydrogen (secondary N) is 2. The Balaban J connectivity index is 1.36. The molecule has 1 saturated carbocycles. The lowest BCUT2D eigenvalue weighted by atomic mass is 9.95. The first-order valence-electron chi connectivity index (χ1n) is 10.4. The minimum absolute atomic E-state index is 0.131. The zero-order valence-corrected chi connectivity index (χ0v) is 16.7. The highest BCUT2D eigenvalue weighted by molar-refractivity contribution is 6.13. The molecule has 1 unspecified atom stereocenters. The summed E-state index contributed by atoms with van der Waals surface area (Å²) in [6.45, 7) is 0.240. The third-order valence-corrected chi connectivity index (χ3v) is 5.81. The largest absolute Gasteiger partial charge is 0.382 e. The second-order valence-corrected chi connectivity index (χ2v) is 8.00. The molecule has 5 nitrogen and oxygen atoms in total. The average Bonchev–Trinajstić information content (AvgIpc) is 3.11. The summed E-state index contributed by atoms with van der Waals surface area (Å²) in [6.07, 6.45) is 6.45. The Hall–Kier alpha value is -2.96. The van der Waals surface area contributed by atoms with Crippen LogP contribution in [0.5, 0.6) is 0 Å². The summed E-state index contributed by atoms with van der Waals surface area (Å²) >= 11 is 0. The van der Waals surface area contributed by atoms with Gasteiger partial charge in [-0.3, -0.25) is 9.59 Å². The van der Waals surface area contributed by atoms with Crippen LogP contribution in [0.15, 0.2) is 42.5 Å². The number of hydrogen-bond acceptors (Lipinski definition) is 3. The predicted octanol–water partition coefficient (Wildman–Crippen LogP) is 4.70. The summed E-state index contributed by atoms with van der Waals surface area (Å²) in [7, 11) is 0. The third-order valence-electron chi connectivity index (χ3n) is 5.81. The average molecular weight is 413 g/mol. The summed E-state index contributed by atoms with van der Waals surface area (Å²) in [5.41, 5.74) is 1.75. The molecule has 1 saturated heterocycles. The Labute approximate surface area is 174 Å². The topological polar surface area (TPSA) is 61.4 Å². The van der Waals surface area contributed by atoms with E-state index in [2.05, 4.69) is 10.6 Å². The molecule has 1 aliphatic heterocycles. The number of amides is 2. The molecule has 7 heteroatoms. The van der Waals surface area contributed by atoms with E-state index < -0.39 is 29.4 Å². The van der Waals surface area contributed by atoms with Gasteiger partial charge in [0.25, 0.3) is 0 Å². The van der Waals surface area contributed by atoms with E-state index in [1.807, 2.05) is 24.3 Å². The maximum Gasteiger partial charge on any atom is 0.239 e. The molecule has 2 amide bonds. The van der Waals surface area contributed by atoms with Crippen LogP contribution in [0.2, 0.25) is 0 Å². The van der Waals surface area contributed by atoms with Crippen molar-refractivity contribution in [3.05, 3.63) is 54.1 Å². The van der Waals surface area contributed by atoms with Gasteiger partial charge in [0.2, 0.25) is 11.8 Å². The summed E-state index contributed by atoms with van der Waals surface area (Å²) in [6, 6.07) is 10.9. The molecule has 30 heavy (non-hydrogen) atoms. The lowest BCUT2D eigenvalue weighted by molar-refractivity contribution is -0.129. The molecule has 1 atom stereocenters. The van der Waals surface area contributed by atoms with Gasteiger partial charge in [-0.15, -0.1) is 0 Å². The number of rotatable bonds is 5. The van der Waals surface area contributed by atoms with Crippen molar-refractivity contribution in [2.45, 2.75) is 44.6 Å². The lowest BCUT2D eigenvalue weighted by Gasteiger charge is -2.24. The van der Waals surface area contributed by atoms with E-state index >= 15 is 0 Å².